The number of thiophene rings is 1. The van der Waals surface area contributed by atoms with E-state index in [-0.39, 0.29) is 0 Å². The highest BCUT2D eigenvalue weighted by Crippen LogP contribution is 2.29. The molecular weight excluding hydrogens is 278 g/mol. The van der Waals surface area contributed by atoms with Crippen LogP contribution in [0.4, 0.5) is 0 Å². The summed E-state index contributed by atoms with van der Waals surface area (Å²) >= 11 is 1.83. The molecular formula is C18H23NOS. The molecule has 1 aromatic heterocycles. The van der Waals surface area contributed by atoms with Gasteiger partial charge in [0.15, 0.2) is 0 Å². The van der Waals surface area contributed by atoms with Crippen LogP contribution in [0.3, 0.4) is 0 Å². The lowest BCUT2D eigenvalue weighted by atomic mass is 10.0. The molecule has 1 atom stereocenters. The lowest BCUT2D eigenvalue weighted by molar-refractivity contribution is -0.118. The molecule has 1 aromatic carbocycles. The second-order valence-corrected chi connectivity index (χ2v) is 7.05. The SMILES string of the molecule is CC(=O)CC1CCCCCN1Cc1csc2ccccc12. The van der Waals surface area contributed by atoms with Crippen molar-refractivity contribution in [2.24, 2.45) is 0 Å². The molecule has 1 fully saturated rings. The standard InChI is InChI=1S/C18H23NOS/c1-14(20)11-16-7-3-2-6-10-19(16)12-15-13-21-18-9-5-4-8-17(15)18/h4-5,8-9,13,16H,2-3,6-7,10-12H2,1H3. The van der Waals surface area contributed by atoms with Crippen molar-refractivity contribution in [3.8, 4) is 0 Å². The number of benzene rings is 1. The van der Waals surface area contributed by atoms with E-state index in [9.17, 15) is 4.79 Å². The maximum Gasteiger partial charge on any atom is 0.131 e. The fourth-order valence-electron chi connectivity index (χ4n) is 3.38. The molecule has 0 saturated carbocycles. The Kier molecular flexibility index (Phi) is 4.71. The third-order valence-corrected chi connectivity index (χ3v) is 5.47. The summed E-state index contributed by atoms with van der Waals surface area (Å²) in [4.78, 5) is 14.1. The van der Waals surface area contributed by atoms with E-state index in [0.717, 1.165) is 13.1 Å². The van der Waals surface area contributed by atoms with Gasteiger partial charge >= 0.3 is 0 Å². The minimum atomic E-state index is 0.321. The quantitative estimate of drug-likeness (QED) is 0.821. The van der Waals surface area contributed by atoms with Crippen molar-refractivity contribution in [2.45, 2.75) is 51.6 Å². The van der Waals surface area contributed by atoms with Crippen LogP contribution in [0.2, 0.25) is 0 Å². The molecule has 2 aromatic rings. The first-order valence-electron chi connectivity index (χ1n) is 7.92. The molecule has 112 valence electrons. The van der Waals surface area contributed by atoms with Crippen LogP contribution in [-0.2, 0) is 11.3 Å². The Morgan fingerprint density at radius 3 is 3.00 bits per heavy atom. The molecule has 0 radical (unpaired) electrons. The second kappa shape index (κ2) is 6.71. The molecule has 1 saturated heterocycles. The Hall–Kier alpha value is -1.19. The molecule has 1 aliphatic rings. The highest BCUT2D eigenvalue weighted by Gasteiger charge is 2.23. The van der Waals surface area contributed by atoms with E-state index in [1.165, 1.54) is 41.3 Å². The summed E-state index contributed by atoms with van der Waals surface area (Å²) in [6, 6.07) is 9.07. The van der Waals surface area contributed by atoms with Crippen LogP contribution in [-0.4, -0.2) is 23.3 Å². The van der Waals surface area contributed by atoms with E-state index in [1.54, 1.807) is 6.92 Å². The Bertz CT molecular complexity index is 618. The zero-order valence-corrected chi connectivity index (χ0v) is 13.5. The molecule has 21 heavy (non-hydrogen) atoms. The van der Waals surface area contributed by atoms with Crippen LogP contribution in [0.15, 0.2) is 29.6 Å². The first-order valence-corrected chi connectivity index (χ1v) is 8.80. The second-order valence-electron chi connectivity index (χ2n) is 6.14. The summed E-state index contributed by atoms with van der Waals surface area (Å²) in [5, 5.41) is 3.67. The molecule has 0 bridgehead atoms. The van der Waals surface area contributed by atoms with Gasteiger partial charge in [-0.1, -0.05) is 31.0 Å². The van der Waals surface area contributed by atoms with Crippen molar-refractivity contribution < 1.29 is 4.79 Å². The van der Waals surface area contributed by atoms with Crippen molar-refractivity contribution in [2.75, 3.05) is 6.54 Å². The molecule has 0 spiro atoms. The number of nitrogens with zero attached hydrogens (tertiary/aromatic N) is 1. The molecule has 1 aliphatic heterocycles. The Morgan fingerprint density at radius 1 is 1.29 bits per heavy atom. The maximum atomic E-state index is 11.6. The van der Waals surface area contributed by atoms with E-state index in [2.05, 4.69) is 34.5 Å². The largest absolute Gasteiger partial charge is 0.300 e. The molecule has 3 rings (SSSR count). The van der Waals surface area contributed by atoms with Crippen molar-refractivity contribution >= 4 is 27.2 Å². The molecule has 0 amide bonds. The average molecular weight is 301 g/mol. The van der Waals surface area contributed by atoms with Gasteiger partial charge in [-0.05, 0) is 48.7 Å². The van der Waals surface area contributed by atoms with Gasteiger partial charge in [-0.15, -0.1) is 11.3 Å². The number of ketones is 1. The first-order chi connectivity index (χ1) is 10.2. The molecule has 0 N–H and O–H groups in total. The van der Waals surface area contributed by atoms with E-state index in [1.807, 2.05) is 11.3 Å². The van der Waals surface area contributed by atoms with Gasteiger partial charge in [0.25, 0.3) is 0 Å². The van der Waals surface area contributed by atoms with Crippen LogP contribution in [0, 0.1) is 0 Å². The normalized spacial score (nSPS) is 20.5. The Labute approximate surface area is 130 Å². The van der Waals surface area contributed by atoms with Crippen LogP contribution < -0.4 is 0 Å². The third-order valence-electron chi connectivity index (χ3n) is 4.46. The van der Waals surface area contributed by atoms with Gasteiger partial charge in [0.1, 0.15) is 5.78 Å². The van der Waals surface area contributed by atoms with Gasteiger partial charge in [-0.2, -0.15) is 0 Å². The summed E-state index contributed by atoms with van der Waals surface area (Å²) in [5.74, 6) is 0.321. The van der Waals surface area contributed by atoms with Gasteiger partial charge in [0.05, 0.1) is 0 Å². The monoisotopic (exact) mass is 301 g/mol. The lowest BCUT2D eigenvalue weighted by Crippen LogP contribution is -2.35. The summed E-state index contributed by atoms with van der Waals surface area (Å²) in [5.41, 5.74) is 1.42. The van der Waals surface area contributed by atoms with E-state index in [4.69, 9.17) is 0 Å². The number of likely N-dealkylation sites (tertiary alicyclic amines) is 1. The molecule has 2 heterocycles. The van der Waals surface area contributed by atoms with Crippen molar-refractivity contribution in [3.05, 3.63) is 35.2 Å². The number of fused-ring (bicyclic) bond motifs is 1. The van der Waals surface area contributed by atoms with Gasteiger partial charge in [0, 0.05) is 23.7 Å². The predicted molar refractivity (Wildman–Crippen MR) is 89.8 cm³/mol. The number of carbonyl (C=O) groups is 1. The highest BCUT2D eigenvalue weighted by atomic mass is 32.1. The molecule has 2 nitrogen and oxygen atoms in total. The van der Waals surface area contributed by atoms with Gasteiger partial charge in [-0.3, -0.25) is 9.69 Å². The van der Waals surface area contributed by atoms with Crippen molar-refractivity contribution in [1.82, 2.24) is 4.90 Å². The van der Waals surface area contributed by atoms with Gasteiger partial charge in [-0.25, -0.2) is 0 Å². The van der Waals surface area contributed by atoms with Crippen molar-refractivity contribution in [1.29, 1.82) is 0 Å². The lowest BCUT2D eigenvalue weighted by Gasteiger charge is -2.29. The summed E-state index contributed by atoms with van der Waals surface area (Å²) in [7, 11) is 0. The molecule has 3 heteroatoms. The first kappa shape index (κ1) is 14.7. The van der Waals surface area contributed by atoms with Crippen LogP contribution in [0.25, 0.3) is 10.1 Å². The topological polar surface area (TPSA) is 20.3 Å². The Balaban J connectivity index is 1.81. The van der Waals surface area contributed by atoms with Gasteiger partial charge in [0.2, 0.25) is 0 Å². The average Bonchev–Trinajstić information content (AvgIpc) is 2.75. The molecule has 0 aliphatic carbocycles. The zero-order chi connectivity index (χ0) is 14.7. The third kappa shape index (κ3) is 3.53. The summed E-state index contributed by atoms with van der Waals surface area (Å²) < 4.78 is 1.37. The number of hydrogen-bond acceptors (Lipinski definition) is 3. The van der Waals surface area contributed by atoms with Crippen LogP contribution in [0.1, 0.15) is 44.6 Å². The Morgan fingerprint density at radius 2 is 2.14 bits per heavy atom. The number of carbonyl (C=O) groups excluding carboxylic acids is 1. The van der Waals surface area contributed by atoms with Crippen LogP contribution >= 0.6 is 11.3 Å². The molecule has 1 unspecified atom stereocenters. The van der Waals surface area contributed by atoms with Gasteiger partial charge < -0.3 is 0 Å². The maximum absolute atomic E-state index is 11.6. The fourth-order valence-corrected chi connectivity index (χ4v) is 4.34. The fraction of sp³-hybridized carbons (Fsp3) is 0.500. The smallest absolute Gasteiger partial charge is 0.131 e. The van der Waals surface area contributed by atoms with Crippen LogP contribution in [0.5, 0.6) is 0 Å². The minimum Gasteiger partial charge on any atom is -0.300 e. The van der Waals surface area contributed by atoms with E-state index < -0.39 is 0 Å². The van der Waals surface area contributed by atoms with Crippen molar-refractivity contribution in [3.63, 3.8) is 0 Å². The minimum absolute atomic E-state index is 0.321. The van der Waals surface area contributed by atoms with E-state index in [0.29, 0.717) is 18.2 Å². The summed E-state index contributed by atoms with van der Waals surface area (Å²) in [6.07, 6.45) is 5.70. The van der Waals surface area contributed by atoms with E-state index >= 15 is 0 Å². The highest BCUT2D eigenvalue weighted by molar-refractivity contribution is 7.17. The zero-order valence-electron chi connectivity index (χ0n) is 12.7. The predicted octanol–water partition coefficient (Wildman–Crippen LogP) is 4.63. The number of hydrogen-bond donors (Lipinski definition) is 0. The number of rotatable bonds is 4. The summed E-state index contributed by atoms with van der Waals surface area (Å²) in [6.45, 7) is 3.84. The number of Topliss-reactive ketones (excluding diaryl/α,β-unsaturated/α-hetero) is 1.